The lowest BCUT2D eigenvalue weighted by atomic mass is 10.2. The van der Waals surface area contributed by atoms with E-state index in [1.54, 1.807) is 6.07 Å². The topological polar surface area (TPSA) is 52.2 Å². The molecule has 0 spiro atoms. The SMILES string of the molecule is N#Cc1ccc(CNCCN2CCCCCC2)o1. The summed E-state index contributed by atoms with van der Waals surface area (Å²) in [5, 5.41) is 12.0. The van der Waals surface area contributed by atoms with E-state index >= 15 is 0 Å². The maximum absolute atomic E-state index is 8.65. The highest BCUT2D eigenvalue weighted by atomic mass is 16.3. The van der Waals surface area contributed by atoms with Gasteiger partial charge in [0.05, 0.1) is 6.54 Å². The molecule has 2 rings (SSSR count). The van der Waals surface area contributed by atoms with Gasteiger partial charge in [0.1, 0.15) is 11.8 Å². The Morgan fingerprint density at radius 2 is 2.00 bits per heavy atom. The lowest BCUT2D eigenvalue weighted by molar-refractivity contribution is 0.282. The zero-order valence-corrected chi connectivity index (χ0v) is 10.8. The van der Waals surface area contributed by atoms with Gasteiger partial charge in [0, 0.05) is 13.1 Å². The van der Waals surface area contributed by atoms with Gasteiger partial charge in [-0.15, -0.1) is 0 Å². The van der Waals surface area contributed by atoms with Crippen LogP contribution in [0.25, 0.3) is 0 Å². The Balaban J connectivity index is 1.62. The van der Waals surface area contributed by atoms with Crippen LogP contribution in [0.3, 0.4) is 0 Å². The van der Waals surface area contributed by atoms with Gasteiger partial charge in [-0.1, -0.05) is 12.8 Å². The lowest BCUT2D eigenvalue weighted by Gasteiger charge is -2.19. The fraction of sp³-hybridized carbons (Fsp3) is 0.643. The third-order valence-electron chi connectivity index (χ3n) is 3.37. The maximum atomic E-state index is 8.65. The zero-order chi connectivity index (χ0) is 12.6. The van der Waals surface area contributed by atoms with Crippen LogP contribution in [0, 0.1) is 11.3 Å². The highest BCUT2D eigenvalue weighted by Gasteiger charge is 2.08. The number of hydrogen-bond donors (Lipinski definition) is 1. The number of rotatable bonds is 5. The number of hydrogen-bond acceptors (Lipinski definition) is 4. The minimum absolute atomic E-state index is 0.388. The maximum Gasteiger partial charge on any atom is 0.203 e. The molecule has 4 heteroatoms. The van der Waals surface area contributed by atoms with Crippen molar-refractivity contribution in [3.63, 3.8) is 0 Å². The Hall–Kier alpha value is -1.31. The number of likely N-dealkylation sites (tertiary alicyclic amines) is 1. The van der Waals surface area contributed by atoms with Crippen molar-refractivity contribution in [3.05, 3.63) is 23.7 Å². The molecule has 1 aromatic rings. The van der Waals surface area contributed by atoms with Crippen LogP contribution in [0.1, 0.15) is 37.2 Å². The molecule has 1 aromatic heterocycles. The van der Waals surface area contributed by atoms with Crippen LogP contribution in [0.15, 0.2) is 16.5 Å². The Kier molecular flexibility index (Phi) is 5.25. The van der Waals surface area contributed by atoms with E-state index in [0.29, 0.717) is 12.3 Å². The van der Waals surface area contributed by atoms with Crippen LogP contribution >= 0.6 is 0 Å². The van der Waals surface area contributed by atoms with Crippen molar-refractivity contribution in [2.75, 3.05) is 26.2 Å². The Bertz CT molecular complexity index is 386. The van der Waals surface area contributed by atoms with Gasteiger partial charge in [-0.25, -0.2) is 0 Å². The summed E-state index contributed by atoms with van der Waals surface area (Å²) in [7, 11) is 0. The summed E-state index contributed by atoms with van der Waals surface area (Å²) in [6.45, 7) is 5.26. The average Bonchev–Trinajstić information content (AvgIpc) is 2.70. The number of furan rings is 1. The highest BCUT2D eigenvalue weighted by Crippen LogP contribution is 2.09. The van der Waals surface area contributed by atoms with Crippen LogP contribution in [0.4, 0.5) is 0 Å². The third-order valence-corrected chi connectivity index (χ3v) is 3.37. The standard InChI is InChI=1S/C14H21N3O/c15-11-13-5-6-14(18-13)12-16-7-10-17-8-3-1-2-4-9-17/h5-6,16H,1-4,7-10,12H2. The predicted octanol–water partition coefficient (Wildman–Crippen LogP) is 2.12. The minimum Gasteiger partial charge on any atom is -0.449 e. The van der Waals surface area contributed by atoms with Gasteiger partial charge in [0.2, 0.25) is 5.76 Å². The average molecular weight is 247 g/mol. The fourth-order valence-corrected chi connectivity index (χ4v) is 2.34. The first-order valence-electron chi connectivity index (χ1n) is 6.80. The van der Waals surface area contributed by atoms with Gasteiger partial charge in [-0.2, -0.15) is 5.26 Å². The Morgan fingerprint density at radius 1 is 1.22 bits per heavy atom. The van der Waals surface area contributed by atoms with Crippen LogP contribution in [-0.4, -0.2) is 31.1 Å². The molecule has 4 nitrogen and oxygen atoms in total. The van der Waals surface area contributed by atoms with Crippen molar-refractivity contribution in [3.8, 4) is 6.07 Å². The monoisotopic (exact) mass is 247 g/mol. The van der Waals surface area contributed by atoms with E-state index in [1.807, 2.05) is 12.1 Å². The number of nitrogens with zero attached hydrogens (tertiary/aromatic N) is 2. The fourth-order valence-electron chi connectivity index (χ4n) is 2.34. The molecule has 1 fully saturated rings. The molecule has 0 radical (unpaired) electrons. The summed E-state index contributed by atoms with van der Waals surface area (Å²) in [6, 6.07) is 5.57. The van der Waals surface area contributed by atoms with Gasteiger partial charge < -0.3 is 14.6 Å². The molecular formula is C14H21N3O. The van der Waals surface area contributed by atoms with Crippen LogP contribution in [-0.2, 0) is 6.54 Å². The molecule has 0 bridgehead atoms. The van der Waals surface area contributed by atoms with Crippen molar-refractivity contribution in [2.45, 2.75) is 32.2 Å². The summed E-state index contributed by atoms with van der Waals surface area (Å²) < 4.78 is 5.31. The van der Waals surface area contributed by atoms with Gasteiger partial charge in [0.15, 0.2) is 0 Å². The second-order valence-electron chi connectivity index (χ2n) is 4.81. The number of nitrogens with one attached hydrogen (secondary N) is 1. The smallest absolute Gasteiger partial charge is 0.203 e. The summed E-state index contributed by atoms with van der Waals surface area (Å²) in [6.07, 6.45) is 5.44. The van der Waals surface area contributed by atoms with Gasteiger partial charge in [-0.3, -0.25) is 0 Å². The minimum atomic E-state index is 0.388. The normalized spacial score (nSPS) is 17.3. The first kappa shape index (κ1) is 13.1. The molecule has 1 aliphatic heterocycles. The van der Waals surface area contributed by atoms with Crippen molar-refractivity contribution < 1.29 is 4.42 Å². The van der Waals surface area contributed by atoms with Gasteiger partial charge >= 0.3 is 0 Å². The van der Waals surface area contributed by atoms with Gasteiger partial charge in [-0.05, 0) is 38.1 Å². The predicted molar refractivity (Wildman–Crippen MR) is 70.0 cm³/mol. The third kappa shape index (κ3) is 4.17. The lowest BCUT2D eigenvalue weighted by Crippen LogP contribution is -2.32. The molecule has 0 unspecified atom stereocenters. The van der Waals surface area contributed by atoms with Crippen LogP contribution in [0.2, 0.25) is 0 Å². The van der Waals surface area contributed by atoms with Crippen molar-refractivity contribution in [2.24, 2.45) is 0 Å². The summed E-state index contributed by atoms with van der Waals surface area (Å²) in [4.78, 5) is 2.53. The van der Waals surface area contributed by atoms with E-state index in [4.69, 9.17) is 9.68 Å². The van der Waals surface area contributed by atoms with E-state index < -0.39 is 0 Å². The number of nitriles is 1. The van der Waals surface area contributed by atoms with Crippen molar-refractivity contribution in [1.29, 1.82) is 5.26 Å². The molecule has 1 N–H and O–H groups in total. The molecule has 0 aliphatic carbocycles. The van der Waals surface area contributed by atoms with Crippen LogP contribution < -0.4 is 5.32 Å². The quantitative estimate of drug-likeness (QED) is 0.810. The molecule has 0 aromatic carbocycles. The van der Waals surface area contributed by atoms with Crippen molar-refractivity contribution >= 4 is 0 Å². The molecule has 98 valence electrons. The van der Waals surface area contributed by atoms with Crippen LogP contribution in [0.5, 0.6) is 0 Å². The Morgan fingerprint density at radius 3 is 2.67 bits per heavy atom. The summed E-state index contributed by atoms with van der Waals surface area (Å²) >= 11 is 0. The molecule has 0 saturated carbocycles. The Labute approximate surface area is 109 Å². The second-order valence-corrected chi connectivity index (χ2v) is 4.81. The van der Waals surface area contributed by atoms with E-state index in [0.717, 1.165) is 18.8 Å². The largest absolute Gasteiger partial charge is 0.449 e. The molecular weight excluding hydrogens is 226 g/mol. The van der Waals surface area contributed by atoms with Crippen molar-refractivity contribution in [1.82, 2.24) is 10.2 Å². The molecule has 2 heterocycles. The van der Waals surface area contributed by atoms with E-state index in [2.05, 4.69) is 10.2 Å². The molecule has 0 atom stereocenters. The van der Waals surface area contributed by atoms with E-state index in [1.165, 1.54) is 38.8 Å². The van der Waals surface area contributed by atoms with E-state index in [-0.39, 0.29) is 0 Å². The molecule has 0 amide bonds. The first-order chi connectivity index (χ1) is 8.88. The zero-order valence-electron chi connectivity index (χ0n) is 10.8. The molecule has 18 heavy (non-hydrogen) atoms. The highest BCUT2D eigenvalue weighted by molar-refractivity contribution is 5.18. The second kappa shape index (κ2) is 7.20. The summed E-state index contributed by atoms with van der Waals surface area (Å²) in [5.74, 6) is 1.22. The first-order valence-corrected chi connectivity index (χ1v) is 6.80. The summed E-state index contributed by atoms with van der Waals surface area (Å²) in [5.41, 5.74) is 0. The van der Waals surface area contributed by atoms with Gasteiger partial charge in [0.25, 0.3) is 0 Å². The molecule has 1 aliphatic rings. The molecule has 1 saturated heterocycles. The van der Waals surface area contributed by atoms with E-state index in [9.17, 15) is 0 Å².